The molecular formula is C14H16ClNO2. The molecule has 1 amide bonds. The molecule has 0 atom stereocenters. The lowest BCUT2D eigenvalue weighted by molar-refractivity contribution is -0.116. The summed E-state index contributed by atoms with van der Waals surface area (Å²) in [5, 5.41) is -0.280. The fourth-order valence-electron chi connectivity index (χ4n) is 2.29. The Balaban J connectivity index is 2.04. The van der Waals surface area contributed by atoms with Gasteiger partial charge in [0.2, 0.25) is 5.24 Å². The molecule has 4 heteroatoms. The van der Waals surface area contributed by atoms with E-state index in [-0.39, 0.29) is 17.1 Å². The first-order chi connectivity index (χ1) is 8.59. The number of hydrogen-bond donors (Lipinski definition) is 0. The summed E-state index contributed by atoms with van der Waals surface area (Å²) in [4.78, 5) is 25.2. The van der Waals surface area contributed by atoms with Crippen molar-refractivity contribution < 1.29 is 9.59 Å². The summed E-state index contributed by atoms with van der Waals surface area (Å²) in [7, 11) is 0. The summed E-state index contributed by atoms with van der Waals surface area (Å²) in [5.74, 6) is -0.0406. The van der Waals surface area contributed by atoms with E-state index in [4.69, 9.17) is 11.6 Å². The predicted molar refractivity (Wildman–Crippen MR) is 70.7 cm³/mol. The quantitative estimate of drug-likeness (QED) is 0.771. The number of nitrogens with zero attached hydrogens (tertiary/aromatic N) is 1. The molecule has 18 heavy (non-hydrogen) atoms. The van der Waals surface area contributed by atoms with Crippen LogP contribution in [0.1, 0.15) is 28.8 Å². The fourth-order valence-corrected chi connectivity index (χ4v) is 2.51. The molecule has 0 unspecified atom stereocenters. The number of benzene rings is 1. The number of rotatable bonds is 2. The van der Waals surface area contributed by atoms with Crippen molar-refractivity contribution in [1.29, 1.82) is 0 Å². The third kappa shape index (κ3) is 2.72. The van der Waals surface area contributed by atoms with E-state index in [0.29, 0.717) is 25.9 Å². The number of amides is 1. The Labute approximate surface area is 112 Å². The number of carbonyl (C=O) groups is 2. The van der Waals surface area contributed by atoms with E-state index in [2.05, 4.69) is 0 Å². The predicted octanol–water partition coefficient (Wildman–Crippen LogP) is 2.61. The number of aryl methyl sites for hydroxylation is 1. The molecule has 0 bridgehead atoms. The van der Waals surface area contributed by atoms with Gasteiger partial charge in [-0.1, -0.05) is 18.2 Å². The number of carbonyl (C=O) groups excluding carboxylic acids is 2. The molecule has 0 N–H and O–H groups in total. The van der Waals surface area contributed by atoms with Crippen LogP contribution in [-0.4, -0.2) is 29.1 Å². The van der Waals surface area contributed by atoms with Crippen LogP contribution in [-0.2, 0) is 4.79 Å². The number of likely N-dealkylation sites (tertiary alicyclic amines) is 1. The molecule has 2 rings (SSSR count). The first kappa shape index (κ1) is 13.1. The van der Waals surface area contributed by atoms with Gasteiger partial charge in [0.05, 0.1) is 0 Å². The first-order valence-electron chi connectivity index (χ1n) is 6.14. The van der Waals surface area contributed by atoms with E-state index in [0.717, 1.165) is 11.1 Å². The molecule has 1 fully saturated rings. The monoisotopic (exact) mass is 265 g/mol. The molecule has 0 aliphatic carbocycles. The van der Waals surface area contributed by atoms with Crippen LogP contribution in [0.15, 0.2) is 24.3 Å². The van der Waals surface area contributed by atoms with E-state index in [9.17, 15) is 9.59 Å². The van der Waals surface area contributed by atoms with Gasteiger partial charge in [-0.25, -0.2) is 0 Å². The molecule has 0 aromatic heterocycles. The smallest absolute Gasteiger partial charge is 0.254 e. The molecule has 0 radical (unpaired) electrons. The van der Waals surface area contributed by atoms with Crippen LogP contribution in [0.4, 0.5) is 0 Å². The summed E-state index contributed by atoms with van der Waals surface area (Å²) >= 11 is 5.48. The van der Waals surface area contributed by atoms with Crippen LogP contribution in [0.3, 0.4) is 0 Å². The number of hydrogen-bond acceptors (Lipinski definition) is 2. The van der Waals surface area contributed by atoms with Crippen LogP contribution >= 0.6 is 11.6 Å². The topological polar surface area (TPSA) is 37.4 Å². The molecule has 1 saturated heterocycles. The first-order valence-corrected chi connectivity index (χ1v) is 6.51. The summed E-state index contributed by atoms with van der Waals surface area (Å²) in [6.07, 6.45) is 1.33. The summed E-state index contributed by atoms with van der Waals surface area (Å²) in [6.45, 7) is 3.15. The zero-order valence-corrected chi connectivity index (χ0v) is 11.1. The van der Waals surface area contributed by atoms with Gasteiger partial charge in [0, 0.05) is 24.6 Å². The van der Waals surface area contributed by atoms with Crippen molar-refractivity contribution in [3.05, 3.63) is 35.4 Å². The molecule has 1 aromatic carbocycles. The van der Waals surface area contributed by atoms with Gasteiger partial charge in [0.25, 0.3) is 5.91 Å². The second kappa shape index (κ2) is 5.53. The third-order valence-corrected chi connectivity index (χ3v) is 3.79. The lowest BCUT2D eigenvalue weighted by Gasteiger charge is -2.30. The highest BCUT2D eigenvalue weighted by atomic mass is 35.5. The van der Waals surface area contributed by atoms with Crippen molar-refractivity contribution in [3.8, 4) is 0 Å². The normalized spacial score (nSPS) is 16.7. The molecule has 1 heterocycles. The van der Waals surface area contributed by atoms with Crippen molar-refractivity contribution in [2.24, 2.45) is 5.92 Å². The molecule has 96 valence electrons. The Kier molecular flexibility index (Phi) is 4.02. The van der Waals surface area contributed by atoms with Crippen LogP contribution in [0.2, 0.25) is 0 Å². The maximum Gasteiger partial charge on any atom is 0.254 e. The second-order valence-corrected chi connectivity index (χ2v) is 5.06. The molecular weight excluding hydrogens is 250 g/mol. The van der Waals surface area contributed by atoms with Gasteiger partial charge in [-0.05, 0) is 43.0 Å². The van der Waals surface area contributed by atoms with Crippen molar-refractivity contribution in [3.63, 3.8) is 0 Å². The standard InChI is InChI=1S/C14H16ClNO2/c1-10-4-2-3-5-12(10)14(18)16-8-6-11(7-9-16)13(15)17/h2-5,11H,6-9H2,1H3. The van der Waals surface area contributed by atoms with Crippen LogP contribution < -0.4 is 0 Å². The van der Waals surface area contributed by atoms with Crippen LogP contribution in [0.25, 0.3) is 0 Å². The van der Waals surface area contributed by atoms with Crippen molar-refractivity contribution in [2.45, 2.75) is 19.8 Å². The maximum absolute atomic E-state index is 12.3. The van der Waals surface area contributed by atoms with Gasteiger partial charge < -0.3 is 4.90 Å². The highest BCUT2D eigenvalue weighted by molar-refractivity contribution is 6.64. The van der Waals surface area contributed by atoms with Gasteiger partial charge in [0.15, 0.2) is 0 Å². The Hall–Kier alpha value is -1.35. The lowest BCUT2D eigenvalue weighted by Crippen LogP contribution is -2.39. The van der Waals surface area contributed by atoms with Crippen molar-refractivity contribution >= 4 is 22.8 Å². The fraction of sp³-hybridized carbons (Fsp3) is 0.429. The van der Waals surface area contributed by atoms with Gasteiger partial charge >= 0.3 is 0 Å². The lowest BCUT2D eigenvalue weighted by atomic mass is 9.97. The van der Waals surface area contributed by atoms with Crippen LogP contribution in [0, 0.1) is 12.8 Å². The Morgan fingerprint density at radius 1 is 1.22 bits per heavy atom. The molecule has 3 nitrogen and oxygen atoms in total. The molecule has 0 spiro atoms. The maximum atomic E-state index is 12.3. The SMILES string of the molecule is Cc1ccccc1C(=O)N1CCC(C(=O)Cl)CC1. The van der Waals surface area contributed by atoms with E-state index in [1.54, 1.807) is 4.90 Å². The summed E-state index contributed by atoms with van der Waals surface area (Å²) in [6, 6.07) is 7.57. The van der Waals surface area contributed by atoms with E-state index in [1.165, 1.54) is 0 Å². The minimum Gasteiger partial charge on any atom is -0.339 e. The van der Waals surface area contributed by atoms with Gasteiger partial charge in [-0.15, -0.1) is 0 Å². The Morgan fingerprint density at radius 3 is 2.39 bits per heavy atom. The van der Waals surface area contributed by atoms with E-state index in [1.807, 2.05) is 31.2 Å². The Morgan fingerprint density at radius 2 is 1.83 bits per heavy atom. The highest BCUT2D eigenvalue weighted by Gasteiger charge is 2.27. The molecule has 1 aliphatic heterocycles. The van der Waals surface area contributed by atoms with E-state index >= 15 is 0 Å². The van der Waals surface area contributed by atoms with Crippen molar-refractivity contribution in [2.75, 3.05) is 13.1 Å². The number of halogens is 1. The average Bonchev–Trinajstić information content (AvgIpc) is 2.38. The van der Waals surface area contributed by atoms with Gasteiger partial charge in [-0.3, -0.25) is 9.59 Å². The zero-order valence-electron chi connectivity index (χ0n) is 10.4. The summed E-state index contributed by atoms with van der Waals surface area (Å²) in [5.41, 5.74) is 1.73. The molecule has 1 aliphatic rings. The largest absolute Gasteiger partial charge is 0.339 e. The molecule has 1 aromatic rings. The second-order valence-electron chi connectivity index (χ2n) is 4.69. The zero-order chi connectivity index (χ0) is 13.1. The van der Waals surface area contributed by atoms with Gasteiger partial charge in [-0.2, -0.15) is 0 Å². The minimum atomic E-state index is -0.280. The Bertz CT molecular complexity index is 465. The van der Waals surface area contributed by atoms with Gasteiger partial charge in [0.1, 0.15) is 0 Å². The summed E-state index contributed by atoms with van der Waals surface area (Å²) < 4.78 is 0. The highest BCUT2D eigenvalue weighted by Crippen LogP contribution is 2.21. The van der Waals surface area contributed by atoms with Crippen molar-refractivity contribution in [1.82, 2.24) is 4.90 Å². The molecule has 0 saturated carbocycles. The van der Waals surface area contributed by atoms with E-state index < -0.39 is 0 Å². The van der Waals surface area contributed by atoms with Crippen LogP contribution in [0.5, 0.6) is 0 Å². The number of piperidine rings is 1. The minimum absolute atomic E-state index is 0.0496. The third-order valence-electron chi connectivity index (χ3n) is 3.48. The average molecular weight is 266 g/mol.